The molecule has 1 heterocycles. The van der Waals surface area contributed by atoms with Gasteiger partial charge in [-0.25, -0.2) is 4.79 Å². The quantitative estimate of drug-likeness (QED) is 0.528. The van der Waals surface area contributed by atoms with Gasteiger partial charge < -0.3 is 18.6 Å². The molecule has 0 spiro atoms. The molecule has 0 bridgehead atoms. The van der Waals surface area contributed by atoms with E-state index >= 15 is 0 Å². The van der Waals surface area contributed by atoms with Crippen LogP contribution in [0, 0.1) is 13.8 Å². The number of aryl methyl sites for hydroxylation is 2. The van der Waals surface area contributed by atoms with Crippen molar-refractivity contribution in [3.8, 4) is 17.2 Å². The zero-order chi connectivity index (χ0) is 21.0. The molecule has 0 aliphatic rings. The summed E-state index contributed by atoms with van der Waals surface area (Å²) in [6.07, 6.45) is 1.26. The number of benzene rings is 2. The van der Waals surface area contributed by atoms with Crippen LogP contribution >= 0.6 is 0 Å². The molecule has 152 valence electrons. The predicted molar refractivity (Wildman–Crippen MR) is 110 cm³/mol. The van der Waals surface area contributed by atoms with Crippen molar-refractivity contribution in [1.29, 1.82) is 0 Å². The van der Waals surface area contributed by atoms with E-state index in [1.54, 1.807) is 25.1 Å². The molecule has 0 amide bonds. The van der Waals surface area contributed by atoms with Gasteiger partial charge in [-0.05, 0) is 56.5 Å². The second-order valence-corrected chi connectivity index (χ2v) is 6.89. The summed E-state index contributed by atoms with van der Waals surface area (Å²) in [5.74, 6) is 0.683. The van der Waals surface area contributed by atoms with Crippen LogP contribution in [-0.2, 0) is 9.53 Å². The van der Waals surface area contributed by atoms with Crippen molar-refractivity contribution in [2.75, 3.05) is 6.61 Å². The zero-order valence-electron chi connectivity index (χ0n) is 17.0. The summed E-state index contributed by atoms with van der Waals surface area (Å²) in [7, 11) is 0. The smallest absolute Gasteiger partial charge is 0.347 e. The number of hydrogen-bond acceptors (Lipinski definition) is 6. The molecule has 0 aliphatic heterocycles. The summed E-state index contributed by atoms with van der Waals surface area (Å²) < 4.78 is 22.1. The molecular formula is C23H24O6. The minimum atomic E-state index is -0.766. The highest BCUT2D eigenvalue weighted by Gasteiger charge is 2.17. The molecule has 1 atom stereocenters. The molecule has 0 aliphatic carbocycles. The summed E-state index contributed by atoms with van der Waals surface area (Å²) in [5.41, 5.74) is 2.01. The second-order valence-electron chi connectivity index (χ2n) is 6.89. The van der Waals surface area contributed by atoms with E-state index in [0.717, 1.165) is 17.5 Å². The van der Waals surface area contributed by atoms with Crippen molar-refractivity contribution in [2.24, 2.45) is 0 Å². The maximum absolute atomic E-state index is 12.8. The van der Waals surface area contributed by atoms with Gasteiger partial charge >= 0.3 is 5.97 Å². The third-order valence-corrected chi connectivity index (χ3v) is 4.37. The maximum Gasteiger partial charge on any atom is 0.347 e. The van der Waals surface area contributed by atoms with E-state index in [9.17, 15) is 9.59 Å². The molecule has 2 aromatic carbocycles. The van der Waals surface area contributed by atoms with Gasteiger partial charge in [0.25, 0.3) is 0 Å². The van der Waals surface area contributed by atoms with E-state index in [1.165, 1.54) is 6.26 Å². The lowest BCUT2D eigenvalue weighted by atomic mass is 10.1. The fourth-order valence-electron chi connectivity index (χ4n) is 2.74. The van der Waals surface area contributed by atoms with Crippen LogP contribution in [0.15, 0.2) is 51.9 Å². The molecule has 0 radical (unpaired) electrons. The fraction of sp³-hybridized carbons (Fsp3) is 0.304. The monoisotopic (exact) mass is 396 g/mol. The van der Waals surface area contributed by atoms with Crippen molar-refractivity contribution in [1.82, 2.24) is 0 Å². The summed E-state index contributed by atoms with van der Waals surface area (Å²) >= 11 is 0. The van der Waals surface area contributed by atoms with E-state index in [0.29, 0.717) is 29.1 Å². The fourth-order valence-corrected chi connectivity index (χ4v) is 2.74. The summed E-state index contributed by atoms with van der Waals surface area (Å²) in [4.78, 5) is 24.6. The van der Waals surface area contributed by atoms with Crippen LogP contribution in [0.2, 0.25) is 0 Å². The normalized spacial score (nSPS) is 11.9. The van der Waals surface area contributed by atoms with Gasteiger partial charge in [0.15, 0.2) is 6.10 Å². The van der Waals surface area contributed by atoms with Gasteiger partial charge in [0, 0.05) is 6.07 Å². The molecule has 3 rings (SSSR count). The van der Waals surface area contributed by atoms with Crippen LogP contribution in [-0.4, -0.2) is 18.7 Å². The van der Waals surface area contributed by atoms with Crippen molar-refractivity contribution >= 4 is 16.9 Å². The molecule has 0 N–H and O–H groups in total. The van der Waals surface area contributed by atoms with E-state index in [1.807, 2.05) is 39.0 Å². The van der Waals surface area contributed by atoms with Crippen LogP contribution < -0.4 is 14.9 Å². The third-order valence-electron chi connectivity index (χ3n) is 4.37. The average molecular weight is 396 g/mol. The highest BCUT2D eigenvalue weighted by molar-refractivity contribution is 5.79. The van der Waals surface area contributed by atoms with Crippen LogP contribution in [0.4, 0.5) is 0 Å². The van der Waals surface area contributed by atoms with Gasteiger partial charge in [-0.2, -0.15) is 0 Å². The minimum Gasteiger partial charge on any atom is -0.479 e. The minimum absolute atomic E-state index is 0.108. The first kappa shape index (κ1) is 20.5. The van der Waals surface area contributed by atoms with E-state index in [-0.39, 0.29) is 11.2 Å². The van der Waals surface area contributed by atoms with Crippen molar-refractivity contribution in [3.05, 3.63) is 64.0 Å². The van der Waals surface area contributed by atoms with Gasteiger partial charge in [0.05, 0.1) is 12.0 Å². The standard InChI is InChI=1S/C23H24O6/c1-5-10-26-23(25)16(4)28-17-8-9-18-20(12-17)27-13-21(22(18)24)29-19-11-14(2)6-7-15(19)3/h6-9,11-13,16H,5,10H2,1-4H3/t16-/m0/s1. The SMILES string of the molecule is CCCOC(=O)[C@H](C)Oc1ccc2c(=O)c(Oc3cc(C)ccc3C)coc2c1. The Morgan fingerprint density at radius 3 is 2.66 bits per heavy atom. The number of rotatable bonds is 7. The highest BCUT2D eigenvalue weighted by Crippen LogP contribution is 2.27. The van der Waals surface area contributed by atoms with Gasteiger partial charge in [-0.1, -0.05) is 19.1 Å². The number of hydrogen-bond donors (Lipinski definition) is 0. The number of carbonyl (C=O) groups is 1. The first-order valence-corrected chi connectivity index (χ1v) is 9.53. The van der Waals surface area contributed by atoms with Gasteiger partial charge in [-0.3, -0.25) is 4.79 Å². The van der Waals surface area contributed by atoms with E-state index in [4.69, 9.17) is 18.6 Å². The topological polar surface area (TPSA) is 75.0 Å². The van der Waals surface area contributed by atoms with Gasteiger partial charge in [0.1, 0.15) is 23.3 Å². The molecule has 3 aromatic rings. The van der Waals surface area contributed by atoms with Crippen LogP contribution in [0.1, 0.15) is 31.4 Å². The Labute approximate surface area is 169 Å². The first-order valence-electron chi connectivity index (χ1n) is 9.53. The Balaban J connectivity index is 1.83. The molecule has 6 heteroatoms. The lowest BCUT2D eigenvalue weighted by Gasteiger charge is -2.14. The van der Waals surface area contributed by atoms with Crippen molar-refractivity contribution in [3.63, 3.8) is 0 Å². The Hall–Kier alpha value is -3.28. The van der Waals surface area contributed by atoms with Crippen LogP contribution in [0.5, 0.6) is 17.2 Å². The second kappa shape index (κ2) is 8.82. The molecule has 6 nitrogen and oxygen atoms in total. The molecule has 29 heavy (non-hydrogen) atoms. The highest BCUT2D eigenvalue weighted by atomic mass is 16.6. The third kappa shape index (κ3) is 4.77. The molecule has 0 unspecified atom stereocenters. The van der Waals surface area contributed by atoms with Crippen molar-refractivity contribution in [2.45, 2.75) is 40.2 Å². The molecular weight excluding hydrogens is 372 g/mol. The summed E-state index contributed by atoms with van der Waals surface area (Å²) in [6.45, 7) is 7.74. The lowest BCUT2D eigenvalue weighted by molar-refractivity contribution is -0.151. The first-order chi connectivity index (χ1) is 13.9. The van der Waals surface area contributed by atoms with Crippen LogP contribution in [0.3, 0.4) is 0 Å². The maximum atomic E-state index is 12.8. The number of fused-ring (bicyclic) bond motifs is 1. The number of esters is 1. The Morgan fingerprint density at radius 2 is 1.90 bits per heavy atom. The molecule has 0 saturated heterocycles. The lowest BCUT2D eigenvalue weighted by Crippen LogP contribution is -2.26. The van der Waals surface area contributed by atoms with E-state index < -0.39 is 12.1 Å². The largest absolute Gasteiger partial charge is 0.479 e. The molecule has 1 aromatic heterocycles. The van der Waals surface area contributed by atoms with Gasteiger partial charge in [0.2, 0.25) is 11.2 Å². The number of ether oxygens (including phenoxy) is 3. The zero-order valence-corrected chi connectivity index (χ0v) is 17.0. The van der Waals surface area contributed by atoms with Crippen molar-refractivity contribution < 1.29 is 23.4 Å². The Morgan fingerprint density at radius 1 is 1.10 bits per heavy atom. The van der Waals surface area contributed by atoms with Gasteiger partial charge in [-0.15, -0.1) is 0 Å². The predicted octanol–water partition coefficient (Wildman–Crippen LogP) is 4.92. The summed E-state index contributed by atoms with van der Waals surface area (Å²) in [6, 6.07) is 10.6. The van der Waals surface area contributed by atoms with E-state index in [2.05, 4.69) is 0 Å². The Bertz CT molecular complexity index is 1080. The molecule has 0 saturated carbocycles. The van der Waals surface area contributed by atoms with Crippen LogP contribution in [0.25, 0.3) is 11.0 Å². The molecule has 0 fully saturated rings. The number of carbonyl (C=O) groups excluding carboxylic acids is 1. The Kier molecular flexibility index (Phi) is 6.22. The average Bonchev–Trinajstić information content (AvgIpc) is 2.70. The summed E-state index contributed by atoms with van der Waals surface area (Å²) in [5, 5.41) is 0.362.